The molecule has 1 saturated heterocycles. The Bertz CT molecular complexity index is 364. The number of nitrogens with zero attached hydrogens (tertiary/aromatic N) is 1. The molecule has 1 aromatic rings. The summed E-state index contributed by atoms with van der Waals surface area (Å²) in [4.78, 5) is 15.4. The molecule has 0 bridgehead atoms. The third-order valence-corrected chi connectivity index (χ3v) is 4.30. The zero-order chi connectivity index (χ0) is 12.3. The molecule has 94 valence electrons. The first kappa shape index (κ1) is 12.6. The van der Waals surface area contributed by atoms with Crippen LogP contribution in [0.4, 0.5) is 0 Å². The Labute approximate surface area is 107 Å². The van der Waals surface area contributed by atoms with Crippen LogP contribution < -0.4 is 5.73 Å². The average molecular weight is 252 g/mol. The molecule has 1 fully saturated rings. The molecule has 2 N–H and O–H groups in total. The first-order valence-electron chi connectivity index (χ1n) is 6.33. The smallest absolute Gasteiger partial charge is 0.240 e. The van der Waals surface area contributed by atoms with Crippen molar-refractivity contribution < 1.29 is 4.79 Å². The quantitative estimate of drug-likeness (QED) is 0.895. The van der Waals surface area contributed by atoms with Crippen molar-refractivity contribution in [3.63, 3.8) is 0 Å². The Kier molecular flexibility index (Phi) is 4.18. The number of piperidine rings is 1. The van der Waals surface area contributed by atoms with Gasteiger partial charge >= 0.3 is 0 Å². The van der Waals surface area contributed by atoms with Crippen molar-refractivity contribution in [1.29, 1.82) is 0 Å². The zero-order valence-corrected chi connectivity index (χ0v) is 11.1. The molecule has 17 heavy (non-hydrogen) atoms. The van der Waals surface area contributed by atoms with Gasteiger partial charge in [0.1, 0.15) is 0 Å². The standard InChI is InChI=1S/C13H20N2OS/c1-2-5-11(12-7-4-9-17-12)15-8-3-6-10(14)13(15)16/h4,7,9-11H,2-3,5-6,8,14H2,1H3. The molecule has 2 heterocycles. The average Bonchev–Trinajstić information content (AvgIpc) is 2.84. The van der Waals surface area contributed by atoms with Crippen molar-refractivity contribution in [1.82, 2.24) is 4.90 Å². The third kappa shape index (κ3) is 2.69. The van der Waals surface area contributed by atoms with E-state index < -0.39 is 0 Å². The molecule has 2 atom stereocenters. The molecule has 0 saturated carbocycles. The number of nitrogens with two attached hydrogens (primary N) is 1. The minimum absolute atomic E-state index is 0.128. The van der Waals surface area contributed by atoms with Crippen LogP contribution in [0.2, 0.25) is 0 Å². The van der Waals surface area contributed by atoms with Crippen molar-refractivity contribution in [2.24, 2.45) is 5.73 Å². The van der Waals surface area contributed by atoms with Gasteiger partial charge in [0.2, 0.25) is 5.91 Å². The molecular weight excluding hydrogens is 232 g/mol. The van der Waals surface area contributed by atoms with Crippen LogP contribution in [0.25, 0.3) is 0 Å². The second-order valence-corrected chi connectivity index (χ2v) is 5.58. The van der Waals surface area contributed by atoms with E-state index in [2.05, 4.69) is 24.4 Å². The molecule has 1 aliphatic heterocycles. The van der Waals surface area contributed by atoms with E-state index >= 15 is 0 Å². The summed E-state index contributed by atoms with van der Waals surface area (Å²) in [6.07, 6.45) is 3.97. The lowest BCUT2D eigenvalue weighted by Gasteiger charge is -2.36. The number of hydrogen-bond donors (Lipinski definition) is 1. The number of carbonyl (C=O) groups excluding carboxylic acids is 1. The first-order valence-corrected chi connectivity index (χ1v) is 7.21. The van der Waals surface area contributed by atoms with E-state index in [0.717, 1.165) is 32.2 Å². The molecule has 0 aromatic carbocycles. The summed E-state index contributed by atoms with van der Waals surface area (Å²) >= 11 is 1.73. The van der Waals surface area contributed by atoms with Crippen molar-refractivity contribution >= 4 is 17.2 Å². The second-order valence-electron chi connectivity index (χ2n) is 4.60. The maximum atomic E-state index is 12.1. The normalized spacial score (nSPS) is 22.8. The van der Waals surface area contributed by atoms with E-state index in [-0.39, 0.29) is 18.0 Å². The largest absolute Gasteiger partial charge is 0.333 e. The minimum Gasteiger partial charge on any atom is -0.333 e. The molecule has 2 rings (SSSR count). The Morgan fingerprint density at radius 1 is 1.65 bits per heavy atom. The van der Waals surface area contributed by atoms with Gasteiger partial charge in [-0.05, 0) is 30.7 Å². The molecule has 0 aliphatic carbocycles. The topological polar surface area (TPSA) is 46.3 Å². The molecule has 0 spiro atoms. The van der Waals surface area contributed by atoms with E-state index in [0.29, 0.717) is 0 Å². The van der Waals surface area contributed by atoms with E-state index in [1.165, 1.54) is 4.88 Å². The van der Waals surface area contributed by atoms with Gasteiger partial charge < -0.3 is 10.6 Å². The SMILES string of the molecule is CCCC(c1cccs1)N1CCCC(N)C1=O. The summed E-state index contributed by atoms with van der Waals surface area (Å²) < 4.78 is 0. The van der Waals surface area contributed by atoms with Gasteiger partial charge in [-0.15, -0.1) is 11.3 Å². The molecule has 1 aliphatic rings. The maximum absolute atomic E-state index is 12.1. The van der Waals surface area contributed by atoms with Gasteiger partial charge in [0, 0.05) is 11.4 Å². The minimum atomic E-state index is -0.289. The molecular formula is C13H20N2OS. The van der Waals surface area contributed by atoms with Crippen molar-refractivity contribution in [3.05, 3.63) is 22.4 Å². The number of carbonyl (C=O) groups is 1. The lowest BCUT2D eigenvalue weighted by Crippen LogP contribution is -2.49. The fourth-order valence-corrected chi connectivity index (χ4v) is 3.32. The van der Waals surface area contributed by atoms with Crippen LogP contribution in [0.3, 0.4) is 0 Å². The number of hydrogen-bond acceptors (Lipinski definition) is 3. The monoisotopic (exact) mass is 252 g/mol. The highest BCUT2D eigenvalue weighted by atomic mass is 32.1. The number of thiophene rings is 1. The number of likely N-dealkylation sites (tertiary alicyclic amines) is 1. The summed E-state index contributed by atoms with van der Waals surface area (Å²) in [7, 11) is 0. The Morgan fingerprint density at radius 3 is 3.12 bits per heavy atom. The summed E-state index contributed by atoms with van der Waals surface area (Å²) in [6.45, 7) is 3.02. The van der Waals surface area contributed by atoms with Gasteiger partial charge in [-0.3, -0.25) is 4.79 Å². The van der Waals surface area contributed by atoms with Crippen molar-refractivity contribution in [2.45, 2.75) is 44.7 Å². The highest BCUT2D eigenvalue weighted by Gasteiger charge is 2.31. The molecule has 0 radical (unpaired) electrons. The fourth-order valence-electron chi connectivity index (χ4n) is 2.44. The summed E-state index contributed by atoms with van der Waals surface area (Å²) in [5.41, 5.74) is 5.87. The zero-order valence-electron chi connectivity index (χ0n) is 10.3. The Balaban J connectivity index is 2.18. The third-order valence-electron chi connectivity index (χ3n) is 3.32. The van der Waals surface area contributed by atoms with Gasteiger partial charge in [0.15, 0.2) is 0 Å². The van der Waals surface area contributed by atoms with E-state index in [9.17, 15) is 4.79 Å². The van der Waals surface area contributed by atoms with Gasteiger partial charge in [-0.1, -0.05) is 19.4 Å². The summed E-state index contributed by atoms with van der Waals surface area (Å²) in [5, 5.41) is 2.08. The van der Waals surface area contributed by atoms with E-state index in [1.54, 1.807) is 11.3 Å². The van der Waals surface area contributed by atoms with Crippen LogP contribution in [0.1, 0.15) is 43.5 Å². The number of rotatable bonds is 4. The predicted octanol–water partition coefficient (Wildman–Crippen LogP) is 2.54. The number of amides is 1. The van der Waals surface area contributed by atoms with Crippen LogP contribution in [-0.4, -0.2) is 23.4 Å². The van der Waals surface area contributed by atoms with E-state index in [1.807, 2.05) is 4.90 Å². The summed E-state index contributed by atoms with van der Waals surface area (Å²) in [5.74, 6) is 0.128. The molecule has 4 heteroatoms. The fraction of sp³-hybridized carbons (Fsp3) is 0.615. The van der Waals surface area contributed by atoms with Gasteiger partial charge in [0.25, 0.3) is 0 Å². The highest BCUT2D eigenvalue weighted by molar-refractivity contribution is 7.10. The molecule has 1 amide bonds. The summed E-state index contributed by atoms with van der Waals surface area (Å²) in [6, 6.07) is 4.12. The van der Waals surface area contributed by atoms with Crippen LogP contribution in [0.5, 0.6) is 0 Å². The van der Waals surface area contributed by atoms with Crippen molar-refractivity contribution in [3.8, 4) is 0 Å². The van der Waals surface area contributed by atoms with Gasteiger partial charge in [0.05, 0.1) is 12.1 Å². The molecule has 2 unspecified atom stereocenters. The maximum Gasteiger partial charge on any atom is 0.240 e. The van der Waals surface area contributed by atoms with Crippen LogP contribution in [0.15, 0.2) is 17.5 Å². The second kappa shape index (κ2) is 5.65. The molecule has 1 aromatic heterocycles. The van der Waals surface area contributed by atoms with Crippen LogP contribution >= 0.6 is 11.3 Å². The Morgan fingerprint density at radius 2 is 2.47 bits per heavy atom. The van der Waals surface area contributed by atoms with E-state index in [4.69, 9.17) is 5.73 Å². The van der Waals surface area contributed by atoms with Crippen LogP contribution in [0, 0.1) is 0 Å². The Hall–Kier alpha value is -0.870. The molecule has 3 nitrogen and oxygen atoms in total. The van der Waals surface area contributed by atoms with Gasteiger partial charge in [-0.2, -0.15) is 0 Å². The van der Waals surface area contributed by atoms with Crippen LogP contribution in [-0.2, 0) is 4.79 Å². The van der Waals surface area contributed by atoms with Gasteiger partial charge in [-0.25, -0.2) is 0 Å². The predicted molar refractivity (Wildman–Crippen MR) is 70.9 cm³/mol. The lowest BCUT2D eigenvalue weighted by atomic mass is 10.0. The first-order chi connectivity index (χ1) is 8.24. The lowest BCUT2D eigenvalue weighted by molar-refractivity contribution is -0.137. The highest BCUT2D eigenvalue weighted by Crippen LogP contribution is 2.31. The van der Waals surface area contributed by atoms with Crippen molar-refractivity contribution in [2.75, 3.05) is 6.54 Å².